The largest absolute Gasteiger partial charge is 0.320 e. The molecule has 0 fully saturated rings. The second-order valence-corrected chi connectivity index (χ2v) is 4.46. The number of amides is 2. The van der Waals surface area contributed by atoms with Gasteiger partial charge >= 0.3 is 6.03 Å². The first-order chi connectivity index (χ1) is 9.15. The van der Waals surface area contributed by atoms with Crippen LogP contribution in [0.2, 0.25) is 0 Å². The van der Waals surface area contributed by atoms with Gasteiger partial charge in [0.25, 0.3) is 0 Å². The zero-order valence-corrected chi connectivity index (χ0v) is 11.0. The van der Waals surface area contributed by atoms with Crippen molar-refractivity contribution in [2.75, 3.05) is 5.32 Å². The van der Waals surface area contributed by atoms with Gasteiger partial charge in [-0.3, -0.25) is 0 Å². The van der Waals surface area contributed by atoms with Gasteiger partial charge in [0.05, 0.1) is 0 Å². The number of nitrogens with one attached hydrogen (secondary N) is 2. The molecule has 1 atom stereocenters. The molecule has 1 aromatic carbocycles. The summed E-state index contributed by atoms with van der Waals surface area (Å²) in [6.45, 7) is 3.95. The number of carbonyl (C=O) groups excluding carboxylic acids is 1. The van der Waals surface area contributed by atoms with Crippen molar-refractivity contribution in [3.63, 3.8) is 0 Å². The Balaban J connectivity index is 2.00. The summed E-state index contributed by atoms with van der Waals surface area (Å²) in [6, 6.07) is 8.83. The molecule has 1 aliphatic rings. The Morgan fingerprint density at radius 2 is 1.95 bits per heavy atom. The normalized spacial score (nSPS) is 17.3. The van der Waals surface area contributed by atoms with Crippen LogP contribution in [-0.2, 0) is 0 Å². The maximum atomic E-state index is 11.9. The van der Waals surface area contributed by atoms with Gasteiger partial charge in [0.2, 0.25) is 0 Å². The second kappa shape index (κ2) is 5.92. The zero-order chi connectivity index (χ0) is 13.7. The quantitative estimate of drug-likeness (QED) is 0.780. The monoisotopic (exact) mass is 252 g/mol. The van der Waals surface area contributed by atoms with E-state index in [9.17, 15) is 4.79 Å². The molecule has 0 aliphatic heterocycles. The lowest BCUT2D eigenvalue weighted by Gasteiger charge is -2.14. The van der Waals surface area contributed by atoms with Crippen LogP contribution in [0.1, 0.15) is 13.8 Å². The lowest BCUT2D eigenvalue weighted by atomic mass is 10.1. The Labute approximate surface area is 113 Å². The number of anilines is 1. The van der Waals surface area contributed by atoms with Crippen LogP contribution in [0.25, 0.3) is 0 Å². The topological polar surface area (TPSA) is 41.1 Å². The molecule has 96 valence electrons. The van der Waals surface area contributed by atoms with Gasteiger partial charge < -0.3 is 10.6 Å². The third-order valence-corrected chi connectivity index (χ3v) is 2.75. The number of allylic oxidation sites excluding steroid dienone is 3. The van der Waals surface area contributed by atoms with Crippen molar-refractivity contribution in [2.45, 2.75) is 19.9 Å². The van der Waals surface area contributed by atoms with E-state index in [4.69, 9.17) is 0 Å². The van der Waals surface area contributed by atoms with Crippen molar-refractivity contribution in [3.8, 4) is 11.8 Å². The van der Waals surface area contributed by atoms with Gasteiger partial charge in [0, 0.05) is 5.69 Å². The number of hydrogen-bond acceptors (Lipinski definition) is 1. The summed E-state index contributed by atoms with van der Waals surface area (Å²) in [5, 5.41) is 5.63. The van der Waals surface area contributed by atoms with E-state index in [1.807, 2.05) is 56.3 Å². The third kappa shape index (κ3) is 3.75. The maximum Gasteiger partial charge on any atom is 0.320 e. The minimum atomic E-state index is -0.252. The van der Waals surface area contributed by atoms with Crippen molar-refractivity contribution in [3.05, 3.63) is 53.6 Å². The average molecular weight is 252 g/mol. The van der Waals surface area contributed by atoms with Crippen LogP contribution in [0.5, 0.6) is 0 Å². The summed E-state index contributed by atoms with van der Waals surface area (Å²) in [4.78, 5) is 11.9. The molecule has 3 heteroatoms. The highest BCUT2D eigenvalue weighted by Gasteiger charge is 2.12. The van der Waals surface area contributed by atoms with Crippen LogP contribution in [0.3, 0.4) is 0 Å². The Morgan fingerprint density at radius 3 is 2.68 bits per heavy atom. The van der Waals surface area contributed by atoms with Gasteiger partial charge in [-0.25, -0.2) is 4.79 Å². The molecule has 0 radical (unpaired) electrons. The summed E-state index contributed by atoms with van der Waals surface area (Å²) >= 11 is 0. The Bertz CT molecular complexity index is 588. The molecule has 19 heavy (non-hydrogen) atoms. The van der Waals surface area contributed by atoms with Gasteiger partial charge in [-0.2, -0.15) is 0 Å². The standard InChI is InChI=1S/C16H16N2O/c1-12-7-6-10-15(13(2)11-12)18-16(19)17-14-8-4-3-5-9-14/h3-5,7-9,11,15H,1-2H3,(H2,17,18,19). The molecule has 0 saturated carbocycles. The Kier molecular flexibility index (Phi) is 4.04. The Morgan fingerprint density at radius 1 is 1.21 bits per heavy atom. The summed E-state index contributed by atoms with van der Waals surface area (Å²) in [6.07, 6.45) is 3.86. The molecule has 0 heterocycles. The molecular weight excluding hydrogens is 236 g/mol. The van der Waals surface area contributed by atoms with Crippen LogP contribution < -0.4 is 10.6 Å². The summed E-state index contributed by atoms with van der Waals surface area (Å²) in [7, 11) is 0. The number of carbonyl (C=O) groups is 1. The van der Waals surface area contributed by atoms with Crippen molar-refractivity contribution < 1.29 is 4.79 Å². The van der Waals surface area contributed by atoms with E-state index in [-0.39, 0.29) is 12.1 Å². The van der Waals surface area contributed by atoms with Crippen LogP contribution in [-0.4, -0.2) is 12.1 Å². The highest BCUT2D eigenvalue weighted by Crippen LogP contribution is 2.10. The summed E-state index contributed by atoms with van der Waals surface area (Å²) in [5.41, 5.74) is 2.89. The second-order valence-electron chi connectivity index (χ2n) is 4.46. The first-order valence-corrected chi connectivity index (χ1v) is 6.14. The van der Waals surface area contributed by atoms with E-state index in [0.717, 1.165) is 16.8 Å². The van der Waals surface area contributed by atoms with Gasteiger partial charge in [-0.1, -0.05) is 36.1 Å². The van der Waals surface area contributed by atoms with E-state index in [1.165, 1.54) is 0 Å². The van der Waals surface area contributed by atoms with E-state index < -0.39 is 0 Å². The van der Waals surface area contributed by atoms with Crippen LogP contribution in [0.15, 0.2) is 53.6 Å². The van der Waals surface area contributed by atoms with Crippen molar-refractivity contribution >= 4 is 11.7 Å². The van der Waals surface area contributed by atoms with E-state index in [0.29, 0.717) is 0 Å². The third-order valence-electron chi connectivity index (χ3n) is 2.75. The highest BCUT2D eigenvalue weighted by atomic mass is 16.2. The molecular formula is C16H16N2O. The molecule has 3 nitrogen and oxygen atoms in total. The van der Waals surface area contributed by atoms with Gasteiger partial charge in [0.1, 0.15) is 6.04 Å². The van der Waals surface area contributed by atoms with Gasteiger partial charge in [0.15, 0.2) is 0 Å². The number of para-hydroxylation sites is 1. The lowest BCUT2D eigenvalue weighted by molar-refractivity contribution is 0.251. The fraction of sp³-hybridized carbons (Fsp3) is 0.188. The van der Waals surface area contributed by atoms with Crippen molar-refractivity contribution in [1.29, 1.82) is 0 Å². The predicted octanol–water partition coefficient (Wildman–Crippen LogP) is 3.09. The molecule has 0 bridgehead atoms. The SMILES string of the molecule is CC1=CC#CC(NC(=O)Nc2ccccc2)C(C)=C1. The predicted molar refractivity (Wildman–Crippen MR) is 77.7 cm³/mol. The highest BCUT2D eigenvalue weighted by molar-refractivity contribution is 5.89. The minimum Gasteiger partial charge on any atom is -0.320 e. The van der Waals surface area contributed by atoms with Crippen LogP contribution in [0.4, 0.5) is 10.5 Å². The molecule has 0 aromatic heterocycles. The average Bonchev–Trinajstić information content (AvgIpc) is 2.52. The molecule has 2 amide bonds. The van der Waals surface area contributed by atoms with Gasteiger partial charge in [-0.05, 0) is 43.2 Å². The lowest BCUT2D eigenvalue weighted by Crippen LogP contribution is -2.37. The molecule has 1 unspecified atom stereocenters. The van der Waals surface area contributed by atoms with E-state index >= 15 is 0 Å². The molecule has 1 aromatic rings. The van der Waals surface area contributed by atoms with Crippen molar-refractivity contribution in [1.82, 2.24) is 5.32 Å². The molecule has 2 N–H and O–H groups in total. The smallest absolute Gasteiger partial charge is 0.320 e. The number of rotatable bonds is 2. The molecule has 1 aliphatic carbocycles. The van der Waals surface area contributed by atoms with E-state index in [1.54, 1.807) is 0 Å². The first kappa shape index (κ1) is 13.0. The fourth-order valence-corrected chi connectivity index (χ4v) is 1.81. The van der Waals surface area contributed by atoms with Crippen molar-refractivity contribution in [2.24, 2.45) is 0 Å². The van der Waals surface area contributed by atoms with Crippen LogP contribution >= 0.6 is 0 Å². The van der Waals surface area contributed by atoms with Crippen LogP contribution in [0, 0.1) is 11.8 Å². The number of benzene rings is 1. The molecule has 2 rings (SSSR count). The zero-order valence-electron chi connectivity index (χ0n) is 11.0. The molecule has 0 spiro atoms. The minimum absolute atomic E-state index is 0.252. The fourth-order valence-electron chi connectivity index (χ4n) is 1.81. The number of urea groups is 1. The molecule has 0 saturated heterocycles. The van der Waals surface area contributed by atoms with E-state index in [2.05, 4.69) is 22.5 Å². The summed E-state index contributed by atoms with van der Waals surface area (Å²) in [5.74, 6) is 5.95. The summed E-state index contributed by atoms with van der Waals surface area (Å²) < 4.78 is 0. The van der Waals surface area contributed by atoms with Gasteiger partial charge in [-0.15, -0.1) is 0 Å². The number of hydrogen-bond donors (Lipinski definition) is 2. The first-order valence-electron chi connectivity index (χ1n) is 6.14. The maximum absolute atomic E-state index is 11.9. The Hall–Kier alpha value is -2.47.